The van der Waals surface area contributed by atoms with E-state index in [1.54, 1.807) is 18.2 Å². The number of aliphatic hydroxyl groups is 1. The Balaban J connectivity index is 1.53. The maximum atomic E-state index is 13.5. The van der Waals surface area contributed by atoms with Crippen LogP contribution in [0.3, 0.4) is 0 Å². The number of anilines is 1. The summed E-state index contributed by atoms with van der Waals surface area (Å²) in [5.41, 5.74) is 3.17. The van der Waals surface area contributed by atoms with Crippen molar-refractivity contribution in [2.75, 3.05) is 4.90 Å². The standard InChI is InChI=1S/C28H21N3O6S/c1-14-3-9-20-22(11-14)38-28(29-20)30-24(16-4-7-19(8-5-16)31(35)36)23(26(33)27(30)34)25(32)17-6-10-21-18(13-17)12-15(2)37-21/h3-11,13,15,24,32H,12H2,1-2H3/b25-23-. The van der Waals surface area contributed by atoms with E-state index in [0.717, 1.165) is 15.8 Å². The monoisotopic (exact) mass is 527 g/mol. The first-order chi connectivity index (χ1) is 18.2. The van der Waals surface area contributed by atoms with Crippen LogP contribution in [0, 0.1) is 17.0 Å². The number of carbonyl (C=O) groups excluding carboxylic acids is 2. The van der Waals surface area contributed by atoms with Crippen molar-refractivity contribution in [2.24, 2.45) is 0 Å². The van der Waals surface area contributed by atoms with Crippen LogP contribution in [-0.2, 0) is 16.0 Å². The minimum atomic E-state index is -1.03. The molecule has 1 saturated heterocycles. The van der Waals surface area contributed by atoms with Gasteiger partial charge >= 0.3 is 5.91 Å². The summed E-state index contributed by atoms with van der Waals surface area (Å²) in [6, 6.07) is 15.4. The number of rotatable bonds is 4. The lowest BCUT2D eigenvalue weighted by molar-refractivity contribution is -0.384. The van der Waals surface area contributed by atoms with Crippen LogP contribution in [0.15, 0.2) is 66.2 Å². The third-order valence-corrected chi connectivity index (χ3v) is 7.79. The lowest BCUT2D eigenvalue weighted by Gasteiger charge is -2.23. The van der Waals surface area contributed by atoms with Gasteiger partial charge in [-0.05, 0) is 73.0 Å². The number of aryl methyl sites for hydroxylation is 1. The van der Waals surface area contributed by atoms with Crippen LogP contribution in [0.5, 0.6) is 5.75 Å². The number of nitro benzene ring substituents is 1. The summed E-state index contributed by atoms with van der Waals surface area (Å²) in [4.78, 5) is 43.5. The van der Waals surface area contributed by atoms with E-state index in [0.29, 0.717) is 33.9 Å². The molecule has 3 aromatic carbocycles. The fourth-order valence-electron chi connectivity index (χ4n) is 4.97. The fraction of sp³-hybridized carbons (Fsp3) is 0.179. The molecule has 6 rings (SSSR count). The SMILES string of the molecule is Cc1ccc2nc(N3C(=O)C(=O)/C(=C(\O)c4ccc5c(c4)CC(C)O5)C3c3ccc([N+](=O)[O-])cc3)sc2c1. The van der Waals surface area contributed by atoms with Gasteiger partial charge in [-0.25, -0.2) is 4.98 Å². The molecule has 9 nitrogen and oxygen atoms in total. The summed E-state index contributed by atoms with van der Waals surface area (Å²) >= 11 is 1.26. The third-order valence-electron chi connectivity index (χ3n) is 6.77. The molecule has 3 heterocycles. The number of non-ortho nitro benzene ring substituents is 1. The molecule has 1 amide bonds. The number of ketones is 1. The molecule has 190 valence electrons. The van der Waals surface area contributed by atoms with Gasteiger partial charge in [0.1, 0.15) is 17.6 Å². The molecule has 2 unspecified atom stereocenters. The van der Waals surface area contributed by atoms with Crippen molar-refractivity contribution < 1.29 is 24.4 Å². The molecule has 10 heteroatoms. The second-order valence-electron chi connectivity index (χ2n) is 9.44. The van der Waals surface area contributed by atoms with Gasteiger partial charge in [-0.3, -0.25) is 24.6 Å². The molecule has 4 aromatic rings. The van der Waals surface area contributed by atoms with E-state index in [1.165, 1.54) is 40.5 Å². The summed E-state index contributed by atoms with van der Waals surface area (Å²) in [5.74, 6) is -1.30. The van der Waals surface area contributed by atoms with Gasteiger partial charge in [0.25, 0.3) is 11.5 Å². The highest BCUT2D eigenvalue weighted by molar-refractivity contribution is 7.22. The van der Waals surface area contributed by atoms with Crippen molar-refractivity contribution in [1.82, 2.24) is 4.98 Å². The van der Waals surface area contributed by atoms with Crippen molar-refractivity contribution in [3.63, 3.8) is 0 Å². The molecule has 0 aliphatic carbocycles. The summed E-state index contributed by atoms with van der Waals surface area (Å²) in [7, 11) is 0. The van der Waals surface area contributed by atoms with Crippen LogP contribution >= 0.6 is 11.3 Å². The van der Waals surface area contributed by atoms with Gasteiger partial charge in [0.05, 0.1) is 26.8 Å². The second kappa shape index (κ2) is 8.77. The maximum Gasteiger partial charge on any atom is 0.301 e. The molecule has 1 fully saturated rings. The molecule has 0 radical (unpaired) electrons. The van der Waals surface area contributed by atoms with E-state index < -0.39 is 22.7 Å². The topological polar surface area (TPSA) is 123 Å². The van der Waals surface area contributed by atoms with Crippen LogP contribution in [0.2, 0.25) is 0 Å². The number of nitro groups is 1. The summed E-state index contributed by atoms with van der Waals surface area (Å²) in [6.45, 7) is 3.89. The number of aliphatic hydroxyl groups excluding tert-OH is 1. The molecular weight excluding hydrogens is 506 g/mol. The highest BCUT2D eigenvalue weighted by atomic mass is 32.1. The van der Waals surface area contributed by atoms with Gasteiger partial charge in [0.15, 0.2) is 5.13 Å². The van der Waals surface area contributed by atoms with E-state index in [1.807, 2.05) is 32.0 Å². The van der Waals surface area contributed by atoms with Crippen molar-refractivity contribution in [3.05, 3.63) is 98.6 Å². The average Bonchev–Trinajstić information content (AvgIpc) is 3.55. The number of Topliss-reactive ketones (excluding diaryl/α,β-unsaturated/α-hetero) is 1. The minimum Gasteiger partial charge on any atom is -0.507 e. The highest BCUT2D eigenvalue weighted by Crippen LogP contribution is 2.45. The van der Waals surface area contributed by atoms with Gasteiger partial charge in [0, 0.05) is 24.1 Å². The molecule has 0 spiro atoms. The van der Waals surface area contributed by atoms with Crippen LogP contribution in [-0.4, -0.2) is 32.8 Å². The van der Waals surface area contributed by atoms with Gasteiger partial charge in [-0.1, -0.05) is 17.4 Å². The van der Waals surface area contributed by atoms with E-state index >= 15 is 0 Å². The van der Waals surface area contributed by atoms with Gasteiger partial charge in [-0.15, -0.1) is 0 Å². The molecule has 1 N–H and O–H groups in total. The number of amides is 1. The van der Waals surface area contributed by atoms with E-state index in [9.17, 15) is 24.8 Å². The Bertz CT molecular complexity index is 1690. The van der Waals surface area contributed by atoms with Crippen LogP contribution in [0.25, 0.3) is 16.0 Å². The number of benzene rings is 3. The first-order valence-corrected chi connectivity index (χ1v) is 12.8. The number of hydrogen-bond acceptors (Lipinski definition) is 8. The molecule has 0 bridgehead atoms. The third kappa shape index (κ3) is 3.81. The fourth-order valence-corrected chi connectivity index (χ4v) is 6.06. The molecule has 2 aliphatic heterocycles. The maximum absolute atomic E-state index is 13.5. The summed E-state index contributed by atoms with van der Waals surface area (Å²) < 4.78 is 6.59. The summed E-state index contributed by atoms with van der Waals surface area (Å²) in [6.07, 6.45) is 0.651. The number of nitrogens with zero attached hydrogens (tertiary/aromatic N) is 3. The molecule has 2 aliphatic rings. The Morgan fingerprint density at radius 3 is 2.63 bits per heavy atom. The average molecular weight is 528 g/mol. The van der Waals surface area contributed by atoms with Crippen LogP contribution in [0.1, 0.15) is 35.2 Å². The zero-order valence-electron chi connectivity index (χ0n) is 20.4. The Labute approximate surface area is 220 Å². The zero-order valence-corrected chi connectivity index (χ0v) is 21.2. The molecular formula is C28H21N3O6S. The lowest BCUT2D eigenvalue weighted by Crippen LogP contribution is -2.29. The number of ether oxygens (including phenoxy) is 1. The van der Waals surface area contributed by atoms with Gasteiger partial charge in [0.2, 0.25) is 0 Å². The molecule has 1 aromatic heterocycles. The van der Waals surface area contributed by atoms with Crippen LogP contribution in [0.4, 0.5) is 10.8 Å². The van der Waals surface area contributed by atoms with Crippen molar-refractivity contribution in [2.45, 2.75) is 32.4 Å². The Morgan fingerprint density at radius 1 is 1.13 bits per heavy atom. The van der Waals surface area contributed by atoms with Gasteiger partial charge < -0.3 is 9.84 Å². The smallest absolute Gasteiger partial charge is 0.301 e. The predicted molar refractivity (Wildman–Crippen MR) is 142 cm³/mol. The number of fused-ring (bicyclic) bond motifs is 2. The van der Waals surface area contributed by atoms with E-state index in [2.05, 4.69) is 4.98 Å². The van der Waals surface area contributed by atoms with Crippen molar-refractivity contribution >= 4 is 49.8 Å². The van der Waals surface area contributed by atoms with Crippen molar-refractivity contribution in [1.29, 1.82) is 0 Å². The summed E-state index contributed by atoms with van der Waals surface area (Å²) in [5, 5.41) is 23.0. The Hall–Kier alpha value is -4.57. The number of hydrogen-bond donors (Lipinski definition) is 1. The predicted octanol–water partition coefficient (Wildman–Crippen LogP) is 5.46. The number of carbonyl (C=O) groups is 2. The number of thiazole rings is 1. The normalized spacial score (nSPS) is 20.1. The molecule has 2 atom stereocenters. The highest BCUT2D eigenvalue weighted by Gasteiger charge is 2.48. The Kier molecular flexibility index (Phi) is 5.50. The first kappa shape index (κ1) is 23.8. The van der Waals surface area contributed by atoms with Gasteiger partial charge in [-0.2, -0.15) is 0 Å². The molecule has 0 saturated carbocycles. The lowest BCUT2D eigenvalue weighted by atomic mass is 9.94. The quantitative estimate of drug-likeness (QED) is 0.123. The van der Waals surface area contributed by atoms with Crippen molar-refractivity contribution in [3.8, 4) is 5.75 Å². The van der Waals surface area contributed by atoms with E-state index in [-0.39, 0.29) is 23.1 Å². The largest absolute Gasteiger partial charge is 0.507 e. The number of aromatic nitrogens is 1. The van der Waals surface area contributed by atoms with E-state index in [4.69, 9.17) is 4.74 Å². The first-order valence-electron chi connectivity index (χ1n) is 11.9. The second-order valence-corrected chi connectivity index (χ2v) is 10.4. The zero-order chi connectivity index (χ0) is 26.7. The minimum absolute atomic E-state index is 0.00393. The Morgan fingerprint density at radius 2 is 1.89 bits per heavy atom. The molecule has 38 heavy (non-hydrogen) atoms. The van der Waals surface area contributed by atoms with Crippen LogP contribution < -0.4 is 9.64 Å².